The lowest BCUT2D eigenvalue weighted by molar-refractivity contribution is -0.140. The van der Waals surface area contributed by atoms with E-state index < -0.39 is 12.0 Å². The predicted molar refractivity (Wildman–Crippen MR) is 116 cm³/mol. The number of nitrogens with one attached hydrogen (secondary N) is 1. The van der Waals surface area contributed by atoms with Crippen LogP contribution in [0.5, 0.6) is 11.5 Å². The maximum atomic E-state index is 11.5. The highest BCUT2D eigenvalue weighted by Crippen LogP contribution is 2.34. The standard InChI is InChI=1S/C22H27Cl2NO4/c1-4-28-20-10-16(12-25-19(22(26)27)8-14(2)3)18(24)11-21(20)29-13-15-6-5-7-17(23)9-15/h5-7,9-11,14,19,25H,4,8,12-13H2,1-3H3,(H,26,27). The van der Waals surface area contributed by atoms with E-state index in [-0.39, 0.29) is 5.92 Å². The molecule has 0 bridgehead atoms. The minimum absolute atomic E-state index is 0.264. The molecule has 1 atom stereocenters. The van der Waals surface area contributed by atoms with E-state index in [1.807, 2.05) is 39.0 Å². The van der Waals surface area contributed by atoms with Gasteiger partial charge < -0.3 is 19.9 Å². The number of hydrogen-bond acceptors (Lipinski definition) is 4. The molecule has 0 amide bonds. The van der Waals surface area contributed by atoms with Crippen molar-refractivity contribution in [3.05, 3.63) is 57.6 Å². The van der Waals surface area contributed by atoms with E-state index in [2.05, 4.69) is 5.32 Å². The van der Waals surface area contributed by atoms with Gasteiger partial charge in [0.1, 0.15) is 12.6 Å². The minimum atomic E-state index is -0.874. The quantitative estimate of drug-likeness (QED) is 0.479. The summed E-state index contributed by atoms with van der Waals surface area (Å²) in [4.78, 5) is 11.5. The van der Waals surface area contributed by atoms with Crippen LogP contribution < -0.4 is 14.8 Å². The summed E-state index contributed by atoms with van der Waals surface area (Å²) in [6.07, 6.45) is 0.534. The summed E-state index contributed by atoms with van der Waals surface area (Å²) in [7, 11) is 0. The molecule has 0 saturated carbocycles. The first-order valence-electron chi connectivity index (χ1n) is 9.58. The monoisotopic (exact) mass is 439 g/mol. The van der Waals surface area contributed by atoms with E-state index in [1.54, 1.807) is 18.2 Å². The third-order valence-electron chi connectivity index (χ3n) is 4.24. The zero-order valence-corrected chi connectivity index (χ0v) is 18.4. The Morgan fingerprint density at radius 1 is 1.14 bits per heavy atom. The Balaban J connectivity index is 2.14. The number of benzene rings is 2. The van der Waals surface area contributed by atoms with Crippen molar-refractivity contribution < 1.29 is 19.4 Å². The van der Waals surface area contributed by atoms with Gasteiger partial charge in [-0.2, -0.15) is 0 Å². The van der Waals surface area contributed by atoms with Gasteiger partial charge in [0.05, 0.1) is 6.61 Å². The van der Waals surface area contributed by atoms with Crippen molar-refractivity contribution in [1.29, 1.82) is 0 Å². The Hall–Kier alpha value is -1.95. The van der Waals surface area contributed by atoms with Crippen LogP contribution in [-0.2, 0) is 17.9 Å². The van der Waals surface area contributed by atoms with Gasteiger partial charge in [0.2, 0.25) is 0 Å². The van der Waals surface area contributed by atoms with E-state index >= 15 is 0 Å². The van der Waals surface area contributed by atoms with Gasteiger partial charge in [0, 0.05) is 22.7 Å². The van der Waals surface area contributed by atoms with E-state index in [9.17, 15) is 9.90 Å². The molecule has 1 unspecified atom stereocenters. The molecular weight excluding hydrogens is 413 g/mol. The molecule has 7 heteroatoms. The normalized spacial score (nSPS) is 12.1. The summed E-state index contributed by atoms with van der Waals surface area (Å²) in [5.41, 5.74) is 1.68. The van der Waals surface area contributed by atoms with Crippen LogP contribution in [0.3, 0.4) is 0 Å². The Kier molecular flexibility index (Phi) is 9.08. The number of carboxylic acids is 1. The Morgan fingerprint density at radius 3 is 2.48 bits per heavy atom. The topological polar surface area (TPSA) is 67.8 Å². The van der Waals surface area contributed by atoms with Gasteiger partial charge >= 0.3 is 5.97 Å². The van der Waals surface area contributed by atoms with Crippen LogP contribution >= 0.6 is 23.2 Å². The lowest BCUT2D eigenvalue weighted by atomic mass is 10.0. The van der Waals surface area contributed by atoms with Crippen LogP contribution in [-0.4, -0.2) is 23.7 Å². The summed E-state index contributed by atoms with van der Waals surface area (Å²) in [5.74, 6) is 0.477. The summed E-state index contributed by atoms with van der Waals surface area (Å²) >= 11 is 12.5. The molecule has 0 fully saturated rings. The van der Waals surface area contributed by atoms with Crippen molar-refractivity contribution in [3.63, 3.8) is 0 Å². The van der Waals surface area contributed by atoms with Crippen LogP contribution in [0.2, 0.25) is 10.0 Å². The van der Waals surface area contributed by atoms with Crippen molar-refractivity contribution in [1.82, 2.24) is 5.32 Å². The molecular formula is C22H27Cl2NO4. The predicted octanol–water partition coefficient (Wildman–Crippen LogP) is 5.56. The molecule has 0 aliphatic heterocycles. The van der Waals surface area contributed by atoms with Crippen molar-refractivity contribution in [3.8, 4) is 11.5 Å². The van der Waals surface area contributed by atoms with Gasteiger partial charge in [-0.25, -0.2) is 0 Å². The van der Waals surface area contributed by atoms with E-state index in [0.29, 0.717) is 47.7 Å². The molecule has 5 nitrogen and oxygen atoms in total. The van der Waals surface area contributed by atoms with Crippen LogP contribution in [0.1, 0.15) is 38.3 Å². The molecule has 0 aromatic heterocycles. The molecule has 0 radical (unpaired) electrons. The first-order valence-corrected chi connectivity index (χ1v) is 10.3. The second kappa shape index (κ2) is 11.3. The van der Waals surface area contributed by atoms with Gasteiger partial charge in [-0.1, -0.05) is 49.2 Å². The third-order valence-corrected chi connectivity index (χ3v) is 4.83. The first-order chi connectivity index (χ1) is 13.8. The average molecular weight is 440 g/mol. The van der Waals surface area contributed by atoms with Crippen LogP contribution in [0.4, 0.5) is 0 Å². The second-order valence-corrected chi connectivity index (χ2v) is 7.99. The fourth-order valence-corrected chi connectivity index (χ4v) is 3.29. The molecule has 158 valence electrons. The molecule has 0 spiro atoms. The minimum Gasteiger partial charge on any atom is -0.490 e. The van der Waals surface area contributed by atoms with Crippen molar-refractivity contribution in [2.75, 3.05) is 6.61 Å². The molecule has 2 N–H and O–H groups in total. The second-order valence-electron chi connectivity index (χ2n) is 7.14. The number of carbonyl (C=O) groups is 1. The average Bonchev–Trinajstić information content (AvgIpc) is 2.65. The number of carboxylic acid groups (broad SMARTS) is 1. The van der Waals surface area contributed by atoms with Crippen molar-refractivity contribution >= 4 is 29.2 Å². The number of aliphatic carboxylic acids is 1. The van der Waals surface area contributed by atoms with Crippen LogP contribution in [0.25, 0.3) is 0 Å². The summed E-state index contributed by atoms with van der Waals surface area (Å²) < 4.78 is 11.6. The van der Waals surface area contributed by atoms with Crippen molar-refractivity contribution in [2.24, 2.45) is 5.92 Å². The fourth-order valence-electron chi connectivity index (χ4n) is 2.86. The molecule has 0 heterocycles. The number of halogens is 2. The zero-order chi connectivity index (χ0) is 21.4. The van der Waals surface area contributed by atoms with Crippen molar-refractivity contribution in [2.45, 2.75) is 46.4 Å². The Bertz CT molecular complexity index is 826. The largest absolute Gasteiger partial charge is 0.490 e. The van der Waals surface area contributed by atoms with Crippen LogP contribution in [0, 0.1) is 5.92 Å². The summed E-state index contributed by atoms with van der Waals surface area (Å²) in [6, 6.07) is 10.3. The summed E-state index contributed by atoms with van der Waals surface area (Å²) in [5, 5.41) is 13.6. The number of ether oxygens (including phenoxy) is 2. The summed E-state index contributed by atoms with van der Waals surface area (Å²) in [6.45, 7) is 6.97. The van der Waals surface area contributed by atoms with E-state index in [1.165, 1.54) is 0 Å². The van der Waals surface area contributed by atoms with Gasteiger partial charge in [-0.3, -0.25) is 4.79 Å². The van der Waals surface area contributed by atoms with E-state index in [0.717, 1.165) is 11.1 Å². The number of rotatable bonds is 11. The SMILES string of the molecule is CCOc1cc(CNC(CC(C)C)C(=O)O)c(Cl)cc1OCc1cccc(Cl)c1. The maximum Gasteiger partial charge on any atom is 0.320 e. The Morgan fingerprint density at radius 2 is 1.86 bits per heavy atom. The van der Waals surface area contributed by atoms with Gasteiger partial charge in [-0.15, -0.1) is 0 Å². The molecule has 2 aromatic rings. The van der Waals surface area contributed by atoms with Crippen LogP contribution in [0.15, 0.2) is 36.4 Å². The van der Waals surface area contributed by atoms with E-state index in [4.69, 9.17) is 32.7 Å². The molecule has 29 heavy (non-hydrogen) atoms. The third kappa shape index (κ3) is 7.42. The molecule has 0 aliphatic rings. The zero-order valence-electron chi connectivity index (χ0n) is 16.9. The highest BCUT2D eigenvalue weighted by Gasteiger charge is 2.19. The molecule has 2 rings (SSSR count). The fraction of sp³-hybridized carbons (Fsp3) is 0.409. The van der Waals surface area contributed by atoms with Gasteiger partial charge in [0.15, 0.2) is 11.5 Å². The van der Waals surface area contributed by atoms with Gasteiger partial charge in [-0.05, 0) is 48.6 Å². The number of hydrogen-bond donors (Lipinski definition) is 2. The maximum absolute atomic E-state index is 11.5. The molecule has 0 saturated heterocycles. The molecule has 0 aliphatic carbocycles. The highest BCUT2D eigenvalue weighted by molar-refractivity contribution is 6.31. The Labute approximate surface area is 181 Å². The smallest absolute Gasteiger partial charge is 0.320 e. The highest BCUT2D eigenvalue weighted by atomic mass is 35.5. The lowest BCUT2D eigenvalue weighted by Crippen LogP contribution is -2.37. The first kappa shape index (κ1) is 23.3. The molecule has 2 aromatic carbocycles. The lowest BCUT2D eigenvalue weighted by Gasteiger charge is -2.18. The van der Waals surface area contributed by atoms with Gasteiger partial charge in [0.25, 0.3) is 0 Å².